The van der Waals surface area contributed by atoms with Crippen LogP contribution in [0.25, 0.3) is 0 Å². The van der Waals surface area contributed by atoms with Gasteiger partial charge in [0.05, 0.1) is 6.04 Å². The summed E-state index contributed by atoms with van der Waals surface area (Å²) < 4.78 is 0. The molecule has 4 heteroatoms. The van der Waals surface area contributed by atoms with Crippen molar-refractivity contribution in [2.75, 3.05) is 19.6 Å². The minimum Gasteiger partial charge on any atom is -0.351 e. The van der Waals surface area contributed by atoms with Gasteiger partial charge in [-0.15, -0.1) is 0 Å². The number of carbonyl (C=O) groups excluding carboxylic acids is 1. The second-order valence-corrected chi connectivity index (χ2v) is 6.52. The molecule has 120 valence electrons. The van der Waals surface area contributed by atoms with Crippen molar-refractivity contribution < 1.29 is 4.79 Å². The third kappa shape index (κ3) is 4.31. The molecule has 2 saturated heterocycles. The number of nitrogens with one attached hydrogen (secondary N) is 2. The molecule has 2 heterocycles. The van der Waals surface area contributed by atoms with Crippen LogP contribution in [0.5, 0.6) is 0 Å². The van der Waals surface area contributed by atoms with Crippen LogP contribution in [0.15, 0.2) is 24.3 Å². The summed E-state index contributed by atoms with van der Waals surface area (Å²) in [6.07, 6.45) is 5.94. The van der Waals surface area contributed by atoms with Gasteiger partial charge in [-0.1, -0.05) is 30.7 Å². The van der Waals surface area contributed by atoms with Crippen LogP contribution in [-0.4, -0.2) is 36.5 Å². The van der Waals surface area contributed by atoms with Crippen LogP contribution in [0, 0.1) is 0 Å². The molecule has 0 bridgehead atoms. The zero-order chi connectivity index (χ0) is 15.2. The summed E-state index contributed by atoms with van der Waals surface area (Å²) in [6.45, 7) is 5.06. The maximum Gasteiger partial charge on any atom is 0.237 e. The summed E-state index contributed by atoms with van der Waals surface area (Å²) in [6, 6.07) is 8.62. The molecule has 1 aromatic rings. The van der Waals surface area contributed by atoms with E-state index in [2.05, 4.69) is 39.8 Å². The molecule has 0 unspecified atom stereocenters. The molecule has 2 aliphatic rings. The van der Waals surface area contributed by atoms with Crippen molar-refractivity contribution in [3.05, 3.63) is 35.4 Å². The van der Waals surface area contributed by atoms with Crippen molar-refractivity contribution in [1.82, 2.24) is 15.5 Å². The largest absolute Gasteiger partial charge is 0.351 e. The van der Waals surface area contributed by atoms with Gasteiger partial charge in [0.1, 0.15) is 0 Å². The second kappa shape index (κ2) is 7.75. The number of hydrogen-bond donors (Lipinski definition) is 2. The van der Waals surface area contributed by atoms with Crippen LogP contribution in [0.2, 0.25) is 0 Å². The molecule has 0 radical (unpaired) electrons. The molecule has 2 fully saturated rings. The fraction of sp³-hybridized carbons (Fsp3) is 0.611. The lowest BCUT2D eigenvalue weighted by Crippen LogP contribution is -2.46. The lowest BCUT2D eigenvalue weighted by atomic mass is 10.0. The lowest BCUT2D eigenvalue weighted by molar-refractivity contribution is -0.123. The number of benzene rings is 1. The van der Waals surface area contributed by atoms with Crippen LogP contribution in [-0.2, 0) is 17.9 Å². The Balaban J connectivity index is 1.50. The van der Waals surface area contributed by atoms with E-state index in [4.69, 9.17) is 0 Å². The minimum absolute atomic E-state index is 0.00142. The Bertz CT molecular complexity index is 491. The number of hydrogen-bond acceptors (Lipinski definition) is 3. The molecule has 0 aromatic heterocycles. The summed E-state index contributed by atoms with van der Waals surface area (Å²) in [5, 5.41) is 6.37. The van der Waals surface area contributed by atoms with Gasteiger partial charge in [0.15, 0.2) is 0 Å². The summed E-state index contributed by atoms with van der Waals surface area (Å²) in [7, 11) is 0. The maximum absolute atomic E-state index is 12.2. The zero-order valence-corrected chi connectivity index (χ0v) is 13.3. The highest BCUT2D eigenvalue weighted by Gasteiger charge is 2.19. The van der Waals surface area contributed by atoms with Gasteiger partial charge in [-0.25, -0.2) is 0 Å². The van der Waals surface area contributed by atoms with Gasteiger partial charge in [0, 0.05) is 13.1 Å². The molecular weight excluding hydrogens is 274 g/mol. The van der Waals surface area contributed by atoms with E-state index in [1.54, 1.807) is 0 Å². The maximum atomic E-state index is 12.2. The fourth-order valence-electron chi connectivity index (χ4n) is 3.42. The molecule has 4 nitrogen and oxygen atoms in total. The van der Waals surface area contributed by atoms with Gasteiger partial charge in [-0.2, -0.15) is 0 Å². The molecule has 3 rings (SSSR count). The van der Waals surface area contributed by atoms with Gasteiger partial charge >= 0.3 is 0 Å². The Morgan fingerprint density at radius 1 is 1.18 bits per heavy atom. The van der Waals surface area contributed by atoms with Crippen LogP contribution < -0.4 is 10.6 Å². The lowest BCUT2D eigenvalue weighted by Gasteiger charge is -2.22. The summed E-state index contributed by atoms with van der Waals surface area (Å²) in [5.41, 5.74) is 2.55. The third-order valence-electron chi connectivity index (χ3n) is 4.69. The SMILES string of the molecule is O=C(NCc1cccc(CN2CCCC2)c1)[C@H]1CCCCN1. The average molecular weight is 301 g/mol. The average Bonchev–Trinajstić information content (AvgIpc) is 3.07. The molecule has 0 saturated carbocycles. The predicted octanol–water partition coefficient (Wildman–Crippen LogP) is 2.04. The van der Waals surface area contributed by atoms with E-state index in [-0.39, 0.29) is 11.9 Å². The number of likely N-dealkylation sites (tertiary alicyclic amines) is 1. The van der Waals surface area contributed by atoms with Crippen molar-refractivity contribution in [2.24, 2.45) is 0 Å². The Kier molecular flexibility index (Phi) is 5.46. The first-order valence-electron chi connectivity index (χ1n) is 8.62. The number of rotatable bonds is 5. The molecule has 1 amide bonds. The first-order chi connectivity index (χ1) is 10.8. The first-order valence-corrected chi connectivity index (χ1v) is 8.62. The molecule has 1 aromatic carbocycles. The van der Waals surface area contributed by atoms with Crippen molar-refractivity contribution in [3.63, 3.8) is 0 Å². The van der Waals surface area contributed by atoms with E-state index < -0.39 is 0 Å². The highest BCUT2D eigenvalue weighted by molar-refractivity contribution is 5.81. The highest BCUT2D eigenvalue weighted by Crippen LogP contribution is 2.14. The smallest absolute Gasteiger partial charge is 0.237 e. The molecule has 0 aliphatic carbocycles. The van der Waals surface area contributed by atoms with Crippen molar-refractivity contribution in [2.45, 2.75) is 51.2 Å². The molecule has 22 heavy (non-hydrogen) atoms. The molecule has 2 N–H and O–H groups in total. The van der Waals surface area contributed by atoms with Crippen LogP contribution in [0.1, 0.15) is 43.2 Å². The third-order valence-corrected chi connectivity index (χ3v) is 4.69. The summed E-state index contributed by atoms with van der Waals surface area (Å²) in [5.74, 6) is 0.143. The van der Waals surface area contributed by atoms with Gasteiger partial charge in [-0.3, -0.25) is 9.69 Å². The quantitative estimate of drug-likeness (QED) is 0.875. The Morgan fingerprint density at radius 3 is 2.77 bits per heavy atom. The van der Waals surface area contributed by atoms with E-state index in [1.165, 1.54) is 43.5 Å². The topological polar surface area (TPSA) is 44.4 Å². The number of amides is 1. The van der Waals surface area contributed by atoms with Gasteiger partial charge < -0.3 is 10.6 Å². The Morgan fingerprint density at radius 2 is 2.00 bits per heavy atom. The standard InChI is InChI=1S/C18H27N3O/c22-18(17-8-1-2-9-19-17)20-13-15-6-5-7-16(12-15)14-21-10-3-4-11-21/h5-7,12,17,19H,1-4,8-11,13-14H2,(H,20,22)/t17-/m1/s1. The zero-order valence-electron chi connectivity index (χ0n) is 13.3. The number of nitrogens with zero attached hydrogens (tertiary/aromatic N) is 1. The Labute approximate surface area is 133 Å². The van der Waals surface area contributed by atoms with E-state index in [1.807, 2.05) is 0 Å². The second-order valence-electron chi connectivity index (χ2n) is 6.52. The monoisotopic (exact) mass is 301 g/mol. The van der Waals surface area contributed by atoms with E-state index in [0.29, 0.717) is 6.54 Å². The molecular formula is C18H27N3O. The van der Waals surface area contributed by atoms with Crippen molar-refractivity contribution >= 4 is 5.91 Å². The van der Waals surface area contributed by atoms with Gasteiger partial charge in [-0.05, 0) is 56.4 Å². The minimum atomic E-state index is 0.00142. The van der Waals surface area contributed by atoms with Crippen molar-refractivity contribution in [1.29, 1.82) is 0 Å². The predicted molar refractivity (Wildman–Crippen MR) is 88.4 cm³/mol. The van der Waals surface area contributed by atoms with Crippen LogP contribution in [0.4, 0.5) is 0 Å². The first kappa shape index (κ1) is 15.5. The fourth-order valence-corrected chi connectivity index (χ4v) is 3.42. The van der Waals surface area contributed by atoms with E-state index in [0.717, 1.165) is 25.9 Å². The summed E-state index contributed by atoms with van der Waals surface area (Å²) in [4.78, 5) is 14.7. The van der Waals surface area contributed by atoms with Gasteiger partial charge in [0.25, 0.3) is 0 Å². The summed E-state index contributed by atoms with van der Waals surface area (Å²) >= 11 is 0. The highest BCUT2D eigenvalue weighted by atomic mass is 16.2. The van der Waals surface area contributed by atoms with Gasteiger partial charge in [0.2, 0.25) is 5.91 Å². The van der Waals surface area contributed by atoms with Crippen molar-refractivity contribution in [3.8, 4) is 0 Å². The van der Waals surface area contributed by atoms with Crippen LogP contribution in [0.3, 0.4) is 0 Å². The number of carbonyl (C=O) groups is 1. The molecule has 1 atom stereocenters. The number of piperidine rings is 1. The van der Waals surface area contributed by atoms with Crippen LogP contribution >= 0.6 is 0 Å². The van der Waals surface area contributed by atoms with E-state index in [9.17, 15) is 4.79 Å². The molecule has 0 spiro atoms. The Hall–Kier alpha value is -1.39. The normalized spacial score (nSPS) is 22.6. The van der Waals surface area contributed by atoms with E-state index >= 15 is 0 Å². The molecule has 2 aliphatic heterocycles.